The Morgan fingerprint density at radius 2 is 1.87 bits per heavy atom. The lowest BCUT2D eigenvalue weighted by Gasteiger charge is -2.40. The molecule has 15 heavy (non-hydrogen) atoms. The topological polar surface area (TPSA) is 37.3 Å². The summed E-state index contributed by atoms with van der Waals surface area (Å²) in [4.78, 5) is 11.5. The van der Waals surface area contributed by atoms with Gasteiger partial charge in [-0.05, 0) is 43.9 Å². The minimum atomic E-state index is -0.527. The van der Waals surface area contributed by atoms with E-state index >= 15 is 0 Å². The lowest BCUT2D eigenvalue weighted by Crippen LogP contribution is -2.38. The number of carboxylic acids is 1. The van der Waals surface area contributed by atoms with Crippen molar-refractivity contribution in [1.82, 2.24) is 0 Å². The molecule has 2 fully saturated rings. The molecule has 2 aliphatic carbocycles. The number of hydrogen-bond donors (Lipinski definition) is 1. The highest BCUT2D eigenvalue weighted by Gasteiger charge is 2.43. The highest BCUT2D eigenvalue weighted by Crippen LogP contribution is 2.47. The van der Waals surface area contributed by atoms with Crippen molar-refractivity contribution in [1.29, 1.82) is 0 Å². The molecule has 0 saturated heterocycles. The fourth-order valence-corrected chi connectivity index (χ4v) is 3.07. The third-order valence-corrected chi connectivity index (χ3v) is 4.59. The highest BCUT2D eigenvalue weighted by atomic mass is 16.4. The van der Waals surface area contributed by atoms with E-state index in [1.165, 1.54) is 19.3 Å². The summed E-state index contributed by atoms with van der Waals surface area (Å²) in [6, 6.07) is 0. The van der Waals surface area contributed by atoms with Gasteiger partial charge in [-0.25, -0.2) is 0 Å². The summed E-state index contributed by atoms with van der Waals surface area (Å²) in [6.07, 6.45) is 8.86. The quantitative estimate of drug-likeness (QED) is 0.774. The van der Waals surface area contributed by atoms with Crippen LogP contribution in [0.1, 0.15) is 58.3 Å². The molecule has 0 bridgehead atoms. The Labute approximate surface area is 92.1 Å². The van der Waals surface area contributed by atoms with Gasteiger partial charge in [0.05, 0.1) is 5.41 Å². The Morgan fingerprint density at radius 3 is 2.27 bits per heavy atom. The molecule has 1 N–H and O–H groups in total. The van der Waals surface area contributed by atoms with E-state index in [0.717, 1.165) is 43.9 Å². The number of aliphatic carboxylic acids is 1. The van der Waals surface area contributed by atoms with Crippen LogP contribution in [0.25, 0.3) is 0 Å². The maximum absolute atomic E-state index is 11.5. The molecular formula is C13H22O2. The van der Waals surface area contributed by atoms with Crippen LogP contribution >= 0.6 is 0 Å². The smallest absolute Gasteiger partial charge is 0.309 e. The first-order valence-electron chi connectivity index (χ1n) is 6.36. The maximum Gasteiger partial charge on any atom is 0.309 e. The van der Waals surface area contributed by atoms with Gasteiger partial charge in [0.1, 0.15) is 0 Å². The van der Waals surface area contributed by atoms with Crippen LogP contribution in [0.4, 0.5) is 0 Å². The predicted molar refractivity (Wildman–Crippen MR) is 59.7 cm³/mol. The van der Waals surface area contributed by atoms with Gasteiger partial charge in [-0.2, -0.15) is 0 Å². The van der Waals surface area contributed by atoms with Crippen LogP contribution in [0.3, 0.4) is 0 Å². The molecule has 0 aromatic carbocycles. The third kappa shape index (κ3) is 2.19. The van der Waals surface area contributed by atoms with E-state index in [-0.39, 0.29) is 5.41 Å². The molecule has 0 aromatic heterocycles. The van der Waals surface area contributed by atoms with Crippen molar-refractivity contribution in [3.8, 4) is 0 Å². The van der Waals surface area contributed by atoms with E-state index in [2.05, 4.69) is 6.92 Å². The average Bonchev–Trinajstić information content (AvgIpc) is 2.14. The molecule has 0 aliphatic heterocycles. The van der Waals surface area contributed by atoms with Crippen molar-refractivity contribution < 1.29 is 9.90 Å². The van der Waals surface area contributed by atoms with E-state index in [9.17, 15) is 9.90 Å². The summed E-state index contributed by atoms with van der Waals surface area (Å²) in [6.45, 7) is 2.25. The fraction of sp³-hybridized carbons (Fsp3) is 0.923. The second kappa shape index (κ2) is 4.15. The molecule has 0 unspecified atom stereocenters. The number of rotatable bonds is 3. The molecule has 0 radical (unpaired) electrons. The van der Waals surface area contributed by atoms with Gasteiger partial charge < -0.3 is 5.11 Å². The molecule has 0 heterocycles. The predicted octanol–water partition coefficient (Wildman–Crippen LogP) is 3.46. The Kier molecular flexibility index (Phi) is 3.03. The first-order chi connectivity index (χ1) is 7.12. The molecule has 2 saturated carbocycles. The van der Waals surface area contributed by atoms with Gasteiger partial charge in [0, 0.05) is 0 Å². The number of hydrogen-bond acceptors (Lipinski definition) is 1. The Morgan fingerprint density at radius 1 is 1.27 bits per heavy atom. The SMILES string of the molecule is CC1CCC(CC2CCC2)(C(=O)O)CC1. The van der Waals surface area contributed by atoms with E-state index < -0.39 is 5.97 Å². The summed E-state index contributed by atoms with van der Waals surface area (Å²) in [5, 5.41) is 9.44. The lowest BCUT2D eigenvalue weighted by molar-refractivity contribution is -0.153. The number of carboxylic acid groups (broad SMARTS) is 1. The summed E-state index contributed by atoms with van der Waals surface area (Å²) < 4.78 is 0. The van der Waals surface area contributed by atoms with Crippen molar-refractivity contribution in [2.75, 3.05) is 0 Å². The zero-order valence-corrected chi connectivity index (χ0v) is 9.67. The normalized spacial score (nSPS) is 37.3. The first kappa shape index (κ1) is 11.0. The summed E-state index contributed by atoms with van der Waals surface area (Å²) in [7, 11) is 0. The van der Waals surface area contributed by atoms with Crippen LogP contribution in [0.15, 0.2) is 0 Å². The number of carbonyl (C=O) groups is 1. The van der Waals surface area contributed by atoms with E-state index in [1.54, 1.807) is 0 Å². The van der Waals surface area contributed by atoms with Gasteiger partial charge in [0.25, 0.3) is 0 Å². The maximum atomic E-state index is 11.5. The van der Waals surface area contributed by atoms with E-state index in [1.807, 2.05) is 0 Å². The van der Waals surface area contributed by atoms with Crippen LogP contribution in [-0.4, -0.2) is 11.1 Å². The molecule has 2 aliphatic rings. The second-order valence-electron chi connectivity index (χ2n) is 5.77. The van der Waals surface area contributed by atoms with Crippen LogP contribution in [0.5, 0.6) is 0 Å². The van der Waals surface area contributed by atoms with Gasteiger partial charge in [0.2, 0.25) is 0 Å². The molecule has 0 atom stereocenters. The Hall–Kier alpha value is -0.530. The van der Waals surface area contributed by atoms with Crippen molar-refractivity contribution in [2.45, 2.75) is 58.3 Å². The van der Waals surface area contributed by atoms with Gasteiger partial charge in [-0.15, -0.1) is 0 Å². The summed E-state index contributed by atoms with van der Waals surface area (Å²) in [5.41, 5.74) is -0.350. The molecule has 86 valence electrons. The monoisotopic (exact) mass is 210 g/mol. The van der Waals surface area contributed by atoms with Gasteiger partial charge in [0.15, 0.2) is 0 Å². The molecule has 2 nitrogen and oxygen atoms in total. The van der Waals surface area contributed by atoms with Crippen LogP contribution < -0.4 is 0 Å². The molecule has 0 spiro atoms. The van der Waals surface area contributed by atoms with E-state index in [0.29, 0.717) is 0 Å². The minimum absolute atomic E-state index is 0.350. The van der Waals surface area contributed by atoms with Gasteiger partial charge in [-0.3, -0.25) is 4.79 Å². The third-order valence-electron chi connectivity index (χ3n) is 4.59. The lowest BCUT2D eigenvalue weighted by atomic mass is 9.63. The molecular weight excluding hydrogens is 188 g/mol. The van der Waals surface area contributed by atoms with E-state index in [4.69, 9.17) is 0 Å². The zero-order chi connectivity index (χ0) is 10.9. The van der Waals surface area contributed by atoms with Crippen LogP contribution in [-0.2, 0) is 4.79 Å². The summed E-state index contributed by atoms with van der Waals surface area (Å²) >= 11 is 0. The molecule has 0 amide bonds. The Balaban J connectivity index is 1.99. The summed E-state index contributed by atoms with van der Waals surface area (Å²) in [5.74, 6) is 0.926. The fourth-order valence-electron chi connectivity index (χ4n) is 3.07. The molecule has 0 aromatic rings. The van der Waals surface area contributed by atoms with Gasteiger partial charge in [-0.1, -0.05) is 26.2 Å². The zero-order valence-electron chi connectivity index (χ0n) is 9.67. The standard InChI is InChI=1S/C13H22O2/c1-10-5-7-13(8-6-10,12(14)15)9-11-3-2-4-11/h10-11H,2-9H2,1H3,(H,14,15). The molecule has 2 rings (SSSR count). The minimum Gasteiger partial charge on any atom is -0.481 e. The van der Waals surface area contributed by atoms with Crippen molar-refractivity contribution in [2.24, 2.45) is 17.3 Å². The van der Waals surface area contributed by atoms with Crippen molar-refractivity contribution in [3.63, 3.8) is 0 Å². The van der Waals surface area contributed by atoms with Crippen LogP contribution in [0.2, 0.25) is 0 Å². The largest absolute Gasteiger partial charge is 0.481 e. The van der Waals surface area contributed by atoms with Crippen molar-refractivity contribution >= 4 is 5.97 Å². The van der Waals surface area contributed by atoms with Crippen molar-refractivity contribution in [3.05, 3.63) is 0 Å². The second-order valence-corrected chi connectivity index (χ2v) is 5.77. The highest BCUT2D eigenvalue weighted by molar-refractivity contribution is 5.74. The van der Waals surface area contributed by atoms with Gasteiger partial charge >= 0.3 is 5.97 Å². The first-order valence-corrected chi connectivity index (χ1v) is 6.36. The molecule has 2 heteroatoms. The van der Waals surface area contributed by atoms with Crippen LogP contribution in [0, 0.1) is 17.3 Å². The average molecular weight is 210 g/mol. The Bertz CT molecular complexity index is 235.